The number of alkyl halides is 1. The zero-order valence-electron chi connectivity index (χ0n) is 10.9. The number of nitrogens with zero attached hydrogens (tertiary/aromatic N) is 3. The van der Waals surface area contributed by atoms with Gasteiger partial charge in [0, 0.05) is 30.4 Å². The van der Waals surface area contributed by atoms with Gasteiger partial charge in [0.2, 0.25) is 0 Å². The Kier molecular flexibility index (Phi) is 3.72. The zero-order valence-corrected chi connectivity index (χ0v) is 11.7. The van der Waals surface area contributed by atoms with Crippen molar-refractivity contribution in [2.24, 2.45) is 0 Å². The molecule has 4 nitrogen and oxygen atoms in total. The number of benzene rings is 1. The number of morpholine rings is 1. The van der Waals surface area contributed by atoms with Gasteiger partial charge in [-0.1, -0.05) is 0 Å². The number of hydrogen-bond donors (Lipinski definition) is 0. The molecule has 1 saturated heterocycles. The highest BCUT2D eigenvalue weighted by molar-refractivity contribution is 6.18. The fraction of sp³-hybridized carbons (Fsp3) is 0.333. The van der Waals surface area contributed by atoms with Gasteiger partial charge in [-0.25, -0.2) is 0 Å². The fourth-order valence-electron chi connectivity index (χ4n) is 2.56. The number of nitriles is 1. The number of ether oxygens (including phenoxy) is 1. The molecule has 0 aliphatic carbocycles. The predicted molar refractivity (Wildman–Crippen MR) is 79.1 cm³/mol. The van der Waals surface area contributed by atoms with E-state index in [9.17, 15) is 5.26 Å². The lowest BCUT2D eigenvalue weighted by Gasteiger charge is -2.34. The van der Waals surface area contributed by atoms with E-state index in [4.69, 9.17) is 16.3 Å². The lowest BCUT2D eigenvalue weighted by molar-refractivity contribution is 0.0555. The van der Waals surface area contributed by atoms with E-state index in [2.05, 4.69) is 16.0 Å². The average Bonchev–Trinajstić information content (AvgIpc) is 2.54. The number of aromatic nitrogens is 1. The van der Waals surface area contributed by atoms with Crippen molar-refractivity contribution < 1.29 is 4.74 Å². The van der Waals surface area contributed by atoms with Crippen LogP contribution in [0.15, 0.2) is 30.5 Å². The highest BCUT2D eigenvalue weighted by atomic mass is 35.5. The maximum atomic E-state index is 9.18. The third-order valence-corrected chi connectivity index (χ3v) is 3.86. The van der Waals surface area contributed by atoms with Gasteiger partial charge in [0.05, 0.1) is 29.7 Å². The van der Waals surface area contributed by atoms with Gasteiger partial charge >= 0.3 is 0 Å². The molecule has 0 radical (unpaired) electrons. The van der Waals surface area contributed by atoms with E-state index in [1.807, 2.05) is 24.3 Å². The summed E-state index contributed by atoms with van der Waals surface area (Å²) in [5.41, 5.74) is 2.44. The number of halogens is 1. The summed E-state index contributed by atoms with van der Waals surface area (Å²) in [5, 5.41) is 10.2. The summed E-state index contributed by atoms with van der Waals surface area (Å²) < 4.78 is 5.59. The van der Waals surface area contributed by atoms with Crippen molar-refractivity contribution in [2.45, 2.75) is 6.10 Å². The Balaban J connectivity index is 2.06. The van der Waals surface area contributed by atoms with Crippen LogP contribution in [-0.4, -0.2) is 36.7 Å². The number of rotatable bonds is 2. The van der Waals surface area contributed by atoms with Gasteiger partial charge in [0.25, 0.3) is 0 Å². The number of fused-ring (bicyclic) bond motifs is 1. The summed E-state index contributed by atoms with van der Waals surface area (Å²) >= 11 is 5.89. The van der Waals surface area contributed by atoms with E-state index in [0.29, 0.717) is 18.1 Å². The van der Waals surface area contributed by atoms with Crippen LogP contribution in [0, 0.1) is 11.3 Å². The van der Waals surface area contributed by atoms with Crippen molar-refractivity contribution in [3.8, 4) is 6.07 Å². The van der Waals surface area contributed by atoms with Crippen molar-refractivity contribution >= 4 is 28.2 Å². The van der Waals surface area contributed by atoms with Gasteiger partial charge in [-0.3, -0.25) is 4.98 Å². The lowest BCUT2D eigenvalue weighted by Crippen LogP contribution is -2.43. The van der Waals surface area contributed by atoms with Crippen LogP contribution in [0.5, 0.6) is 0 Å². The van der Waals surface area contributed by atoms with Gasteiger partial charge in [-0.2, -0.15) is 5.26 Å². The molecule has 3 rings (SSSR count). The molecule has 2 heterocycles. The summed E-state index contributed by atoms with van der Waals surface area (Å²) in [6.45, 7) is 2.25. The average molecular weight is 288 g/mol. The summed E-state index contributed by atoms with van der Waals surface area (Å²) in [6, 6.07) is 9.91. The van der Waals surface area contributed by atoms with Gasteiger partial charge in [0.15, 0.2) is 0 Å². The fourth-order valence-corrected chi connectivity index (χ4v) is 2.74. The summed E-state index contributed by atoms with van der Waals surface area (Å²) in [7, 11) is 0. The summed E-state index contributed by atoms with van der Waals surface area (Å²) in [6.07, 6.45) is 1.76. The first-order valence-electron chi connectivity index (χ1n) is 6.54. The van der Waals surface area contributed by atoms with E-state index >= 15 is 0 Å². The molecule has 1 atom stereocenters. The molecule has 1 aromatic heterocycles. The lowest BCUT2D eigenvalue weighted by atomic mass is 10.1. The molecule has 102 valence electrons. The minimum Gasteiger partial charge on any atom is -0.373 e. The van der Waals surface area contributed by atoms with Gasteiger partial charge in [-0.15, -0.1) is 11.6 Å². The molecule has 20 heavy (non-hydrogen) atoms. The smallest absolute Gasteiger partial charge is 0.101 e. The Morgan fingerprint density at radius 2 is 2.35 bits per heavy atom. The second-order valence-electron chi connectivity index (χ2n) is 4.74. The van der Waals surface area contributed by atoms with Crippen LogP contribution in [0.3, 0.4) is 0 Å². The Morgan fingerprint density at radius 3 is 3.15 bits per heavy atom. The first-order valence-corrected chi connectivity index (χ1v) is 7.07. The molecule has 0 unspecified atom stereocenters. The molecule has 0 saturated carbocycles. The van der Waals surface area contributed by atoms with Crippen molar-refractivity contribution in [2.75, 3.05) is 30.5 Å². The molecule has 5 heteroatoms. The van der Waals surface area contributed by atoms with Crippen LogP contribution in [0.2, 0.25) is 0 Å². The van der Waals surface area contributed by atoms with E-state index in [0.717, 1.165) is 29.7 Å². The van der Waals surface area contributed by atoms with Crippen LogP contribution in [-0.2, 0) is 4.74 Å². The predicted octanol–water partition coefficient (Wildman–Crippen LogP) is 2.55. The Bertz CT molecular complexity index is 668. The van der Waals surface area contributed by atoms with Crippen LogP contribution >= 0.6 is 11.6 Å². The molecule has 0 amide bonds. The minimum absolute atomic E-state index is 0.0489. The largest absolute Gasteiger partial charge is 0.373 e. The molecule has 0 bridgehead atoms. The van der Waals surface area contributed by atoms with Crippen molar-refractivity contribution in [1.82, 2.24) is 4.98 Å². The second kappa shape index (κ2) is 5.66. The Morgan fingerprint density at radius 1 is 1.45 bits per heavy atom. The number of anilines is 1. The SMILES string of the molecule is N#Cc1ccc(N2CCO[C@H](CCl)C2)c2cccnc12. The number of hydrogen-bond acceptors (Lipinski definition) is 4. The highest BCUT2D eigenvalue weighted by Crippen LogP contribution is 2.29. The van der Waals surface area contributed by atoms with Crippen LogP contribution in [0.4, 0.5) is 5.69 Å². The molecule has 0 spiro atoms. The van der Waals surface area contributed by atoms with E-state index in [1.54, 1.807) is 6.20 Å². The standard InChI is InChI=1S/C15H14ClN3O/c16-8-12-10-19(6-7-20-12)14-4-3-11(9-17)15-13(14)2-1-5-18-15/h1-5,12H,6-8,10H2/t12-/m1/s1. The van der Waals surface area contributed by atoms with Crippen molar-refractivity contribution in [3.05, 3.63) is 36.0 Å². The topological polar surface area (TPSA) is 49.2 Å². The molecular formula is C15H14ClN3O. The monoisotopic (exact) mass is 287 g/mol. The van der Waals surface area contributed by atoms with E-state index < -0.39 is 0 Å². The third kappa shape index (κ3) is 2.31. The Labute approximate surface area is 122 Å². The molecule has 1 aromatic carbocycles. The normalized spacial score (nSPS) is 19.0. The first kappa shape index (κ1) is 13.2. The first-order chi connectivity index (χ1) is 9.83. The van der Waals surface area contributed by atoms with E-state index in [1.165, 1.54) is 0 Å². The molecule has 1 fully saturated rings. The van der Waals surface area contributed by atoms with E-state index in [-0.39, 0.29) is 6.10 Å². The van der Waals surface area contributed by atoms with Gasteiger partial charge in [0.1, 0.15) is 6.07 Å². The second-order valence-corrected chi connectivity index (χ2v) is 5.05. The van der Waals surface area contributed by atoms with Crippen LogP contribution in [0.25, 0.3) is 10.9 Å². The third-order valence-electron chi connectivity index (χ3n) is 3.52. The van der Waals surface area contributed by atoms with Gasteiger partial charge < -0.3 is 9.64 Å². The summed E-state index contributed by atoms with van der Waals surface area (Å²) in [5.74, 6) is 0.489. The van der Waals surface area contributed by atoms with Crippen molar-refractivity contribution in [1.29, 1.82) is 5.26 Å². The van der Waals surface area contributed by atoms with Crippen LogP contribution < -0.4 is 4.90 Å². The van der Waals surface area contributed by atoms with Crippen molar-refractivity contribution in [3.63, 3.8) is 0 Å². The molecule has 0 N–H and O–H groups in total. The maximum absolute atomic E-state index is 9.18. The van der Waals surface area contributed by atoms with Gasteiger partial charge in [-0.05, 0) is 24.3 Å². The molecule has 1 aliphatic rings. The maximum Gasteiger partial charge on any atom is 0.101 e. The highest BCUT2D eigenvalue weighted by Gasteiger charge is 2.21. The Hall–Kier alpha value is -1.83. The number of pyridine rings is 1. The zero-order chi connectivity index (χ0) is 13.9. The minimum atomic E-state index is 0.0489. The molecular weight excluding hydrogens is 274 g/mol. The molecule has 2 aromatic rings. The van der Waals surface area contributed by atoms with Crippen LogP contribution in [0.1, 0.15) is 5.56 Å². The quantitative estimate of drug-likeness (QED) is 0.797. The summed E-state index contributed by atoms with van der Waals surface area (Å²) in [4.78, 5) is 6.59. The molecule has 1 aliphatic heterocycles.